The number of nitrogens with one attached hydrogen (secondary N) is 1. The molecule has 0 saturated carbocycles. The highest BCUT2D eigenvalue weighted by atomic mass is 79.9. The van der Waals surface area contributed by atoms with E-state index in [-0.39, 0.29) is 11.6 Å². The highest BCUT2D eigenvalue weighted by Gasteiger charge is 2.32. The number of carbonyl (C=O) groups is 2. The van der Waals surface area contributed by atoms with Crippen LogP contribution in [0.15, 0.2) is 51.1 Å². The molecule has 1 fully saturated rings. The lowest BCUT2D eigenvalue weighted by molar-refractivity contribution is -0.138. The fourth-order valence-electron chi connectivity index (χ4n) is 2.69. The van der Waals surface area contributed by atoms with Gasteiger partial charge in [0, 0.05) is 5.02 Å². The minimum Gasteiger partial charge on any atom is -0.490 e. The molecule has 1 atom stereocenters. The maximum Gasteiger partial charge on any atom is 0.305 e. The van der Waals surface area contributed by atoms with Crippen molar-refractivity contribution in [1.82, 2.24) is 5.32 Å². The molecule has 0 spiro atoms. The second-order valence-electron chi connectivity index (χ2n) is 6.52. The maximum atomic E-state index is 11.8. The van der Waals surface area contributed by atoms with E-state index in [1.165, 1.54) is 6.21 Å². The summed E-state index contributed by atoms with van der Waals surface area (Å²) < 4.78 is 12.4. The lowest BCUT2D eigenvalue weighted by Crippen LogP contribution is -2.26. The Morgan fingerprint density at radius 2 is 2.06 bits per heavy atom. The fraction of sp³-hybridized carbons (Fsp3) is 0.238. The number of carboxylic acid groups (broad SMARTS) is 1. The number of carbonyl (C=O) groups excluding carboxylic acids is 1. The van der Waals surface area contributed by atoms with E-state index in [1.807, 2.05) is 19.1 Å². The maximum absolute atomic E-state index is 11.8. The molecule has 1 heterocycles. The summed E-state index contributed by atoms with van der Waals surface area (Å²) >= 11 is 10.5. The largest absolute Gasteiger partial charge is 0.490 e. The number of thioether (sulfide) groups is 1. The van der Waals surface area contributed by atoms with Crippen LogP contribution in [0.5, 0.6) is 11.5 Å². The second-order valence-corrected chi connectivity index (χ2v) is 9.00. The van der Waals surface area contributed by atoms with Gasteiger partial charge in [0.15, 0.2) is 16.7 Å². The molecule has 1 aliphatic rings. The minimum absolute atomic E-state index is 0.254. The van der Waals surface area contributed by atoms with Crippen LogP contribution in [-0.4, -0.2) is 40.2 Å². The number of benzene rings is 2. The van der Waals surface area contributed by atoms with E-state index >= 15 is 0 Å². The molecule has 0 aliphatic carbocycles. The average molecular weight is 541 g/mol. The summed E-state index contributed by atoms with van der Waals surface area (Å²) in [4.78, 5) is 22.6. The van der Waals surface area contributed by atoms with E-state index in [4.69, 9.17) is 26.2 Å². The molecule has 1 saturated heterocycles. The molecule has 1 amide bonds. The van der Waals surface area contributed by atoms with Crippen molar-refractivity contribution in [2.24, 2.45) is 10.2 Å². The van der Waals surface area contributed by atoms with Gasteiger partial charge in [0.25, 0.3) is 0 Å². The molecule has 0 bridgehead atoms. The van der Waals surface area contributed by atoms with Crippen molar-refractivity contribution in [2.75, 3.05) is 6.61 Å². The van der Waals surface area contributed by atoms with Crippen molar-refractivity contribution in [3.8, 4) is 11.5 Å². The number of hydrogen-bond acceptors (Lipinski definition) is 7. The van der Waals surface area contributed by atoms with Crippen LogP contribution in [-0.2, 0) is 16.2 Å². The Hall–Kier alpha value is -2.56. The molecule has 2 aromatic carbocycles. The highest BCUT2D eigenvalue weighted by molar-refractivity contribution is 9.10. The van der Waals surface area contributed by atoms with Gasteiger partial charge in [-0.05, 0) is 58.2 Å². The zero-order chi connectivity index (χ0) is 23.1. The van der Waals surface area contributed by atoms with Gasteiger partial charge in [-0.1, -0.05) is 35.5 Å². The monoisotopic (exact) mass is 539 g/mol. The molecule has 0 aromatic heterocycles. The summed E-state index contributed by atoms with van der Waals surface area (Å²) in [7, 11) is 0. The predicted octanol–water partition coefficient (Wildman–Crippen LogP) is 4.48. The summed E-state index contributed by atoms with van der Waals surface area (Å²) in [6.07, 6.45) is 1.22. The quantitative estimate of drug-likeness (QED) is 0.359. The third-order valence-corrected chi connectivity index (χ3v) is 6.03. The highest BCUT2D eigenvalue weighted by Crippen LogP contribution is 2.37. The number of ether oxygens (including phenoxy) is 2. The van der Waals surface area contributed by atoms with Gasteiger partial charge in [-0.3, -0.25) is 9.59 Å². The molecule has 3 rings (SSSR count). The number of amidine groups is 1. The number of nitrogens with zero attached hydrogens (tertiary/aromatic N) is 2. The van der Waals surface area contributed by atoms with Crippen LogP contribution in [0.4, 0.5) is 0 Å². The first kappa shape index (κ1) is 24.1. The van der Waals surface area contributed by atoms with Gasteiger partial charge in [0.2, 0.25) is 5.91 Å². The van der Waals surface area contributed by atoms with Gasteiger partial charge >= 0.3 is 5.97 Å². The number of aliphatic carboxylic acids is 1. The molecule has 32 heavy (non-hydrogen) atoms. The number of rotatable bonds is 9. The molecule has 168 valence electrons. The number of halogens is 2. The summed E-state index contributed by atoms with van der Waals surface area (Å²) in [5, 5.41) is 19.5. The topological polar surface area (TPSA) is 110 Å². The van der Waals surface area contributed by atoms with Crippen LogP contribution in [0.3, 0.4) is 0 Å². The molecule has 0 radical (unpaired) electrons. The van der Waals surface area contributed by atoms with E-state index < -0.39 is 17.1 Å². The standard InChI is InChI=1S/C21H19BrClN3O5S/c1-2-30-16-8-13(10-24-26-21-25-20(29)17(32-21)9-18(27)28)7-15(22)19(16)31-11-12-3-5-14(23)6-4-12/h3-8,10,17H,2,9,11H2,1H3,(H,27,28)(H,25,26,29)/b24-10-/t17-/m0/s1. The van der Waals surface area contributed by atoms with Crippen molar-refractivity contribution in [2.45, 2.75) is 25.2 Å². The number of carboxylic acids is 1. The molecular formula is C21H19BrClN3O5S. The first-order valence-electron chi connectivity index (χ1n) is 9.49. The van der Waals surface area contributed by atoms with Crippen molar-refractivity contribution in [3.63, 3.8) is 0 Å². The van der Waals surface area contributed by atoms with Gasteiger partial charge < -0.3 is 19.9 Å². The Morgan fingerprint density at radius 3 is 2.75 bits per heavy atom. The second kappa shape index (κ2) is 11.3. The van der Waals surface area contributed by atoms with E-state index in [0.717, 1.165) is 17.3 Å². The molecule has 8 nitrogen and oxygen atoms in total. The molecular weight excluding hydrogens is 522 g/mol. The Kier molecular flexibility index (Phi) is 8.54. The fourth-order valence-corrected chi connectivity index (χ4v) is 4.31. The summed E-state index contributed by atoms with van der Waals surface area (Å²) in [5.41, 5.74) is 1.66. The lowest BCUT2D eigenvalue weighted by Gasteiger charge is -2.14. The van der Waals surface area contributed by atoms with Gasteiger partial charge in [-0.25, -0.2) is 0 Å². The van der Waals surface area contributed by atoms with Crippen LogP contribution < -0.4 is 14.8 Å². The SMILES string of the molecule is CCOc1cc(/C=N\N=C2\NC(=O)[C@H](CC(=O)O)S2)cc(Br)c1OCc1ccc(Cl)cc1. The Balaban J connectivity index is 1.71. The van der Waals surface area contributed by atoms with Crippen LogP contribution in [0.2, 0.25) is 5.02 Å². The van der Waals surface area contributed by atoms with E-state index in [2.05, 4.69) is 31.4 Å². The molecule has 0 unspecified atom stereocenters. The summed E-state index contributed by atoms with van der Waals surface area (Å²) in [6.45, 7) is 2.66. The van der Waals surface area contributed by atoms with Crippen molar-refractivity contribution >= 4 is 62.6 Å². The number of amides is 1. The molecule has 2 aromatic rings. The Morgan fingerprint density at radius 1 is 1.31 bits per heavy atom. The zero-order valence-electron chi connectivity index (χ0n) is 16.9. The zero-order valence-corrected chi connectivity index (χ0v) is 20.0. The van der Waals surface area contributed by atoms with Gasteiger partial charge in [0.1, 0.15) is 11.9 Å². The van der Waals surface area contributed by atoms with Crippen molar-refractivity contribution in [3.05, 3.63) is 57.0 Å². The van der Waals surface area contributed by atoms with Gasteiger partial charge in [-0.15, -0.1) is 5.10 Å². The molecule has 2 N–H and O–H groups in total. The average Bonchev–Trinajstić information content (AvgIpc) is 3.07. The third-order valence-electron chi connectivity index (χ3n) is 4.12. The predicted molar refractivity (Wildman–Crippen MR) is 128 cm³/mol. The Bertz CT molecular complexity index is 1060. The van der Waals surface area contributed by atoms with Crippen molar-refractivity contribution in [1.29, 1.82) is 0 Å². The van der Waals surface area contributed by atoms with Gasteiger partial charge in [0.05, 0.1) is 23.7 Å². The van der Waals surface area contributed by atoms with Crippen LogP contribution in [0.25, 0.3) is 0 Å². The smallest absolute Gasteiger partial charge is 0.305 e. The first-order valence-corrected chi connectivity index (χ1v) is 11.5. The van der Waals surface area contributed by atoms with Crippen LogP contribution >= 0.6 is 39.3 Å². The third kappa shape index (κ3) is 6.72. The Labute approximate surface area is 202 Å². The lowest BCUT2D eigenvalue weighted by atomic mass is 10.2. The van der Waals surface area contributed by atoms with Crippen LogP contribution in [0.1, 0.15) is 24.5 Å². The normalized spacial score (nSPS) is 17.0. The van der Waals surface area contributed by atoms with Crippen LogP contribution in [0, 0.1) is 0 Å². The molecule has 11 heteroatoms. The summed E-state index contributed by atoms with van der Waals surface area (Å²) in [5.74, 6) is -0.348. The minimum atomic E-state index is -1.05. The van der Waals surface area contributed by atoms with E-state index in [0.29, 0.717) is 39.8 Å². The number of hydrogen-bond donors (Lipinski definition) is 2. The molecule has 1 aliphatic heterocycles. The van der Waals surface area contributed by atoms with E-state index in [9.17, 15) is 9.59 Å². The van der Waals surface area contributed by atoms with Gasteiger partial charge in [-0.2, -0.15) is 5.10 Å². The van der Waals surface area contributed by atoms with E-state index in [1.54, 1.807) is 24.3 Å². The summed E-state index contributed by atoms with van der Waals surface area (Å²) in [6, 6.07) is 10.9. The van der Waals surface area contributed by atoms with Crippen molar-refractivity contribution < 1.29 is 24.2 Å². The first-order chi connectivity index (χ1) is 15.4.